The Morgan fingerprint density at radius 1 is 0.227 bits per heavy atom. The maximum Gasteiger partial charge on any atom is 0.300 e. The van der Waals surface area contributed by atoms with Crippen molar-refractivity contribution in [1.82, 2.24) is 0 Å². The summed E-state index contributed by atoms with van der Waals surface area (Å²) in [5.41, 5.74) is 30.0. The van der Waals surface area contributed by atoms with Crippen LogP contribution in [0.2, 0.25) is 0 Å². The zero-order valence-electron chi connectivity index (χ0n) is 68.1. The molecule has 0 fully saturated rings. The Balaban J connectivity index is 0.000000185. The van der Waals surface area contributed by atoms with Crippen LogP contribution in [-0.2, 0) is 30.0 Å². The second-order valence-electron chi connectivity index (χ2n) is 30.9. The molecule has 20 rings (SSSR count). The van der Waals surface area contributed by atoms with Gasteiger partial charge in [-0.2, -0.15) is 0 Å². The minimum atomic E-state index is -0.833. The Kier molecular flexibility index (Phi) is 23.4. The number of carbonyl (C=O) groups is 2. The van der Waals surface area contributed by atoms with Crippen molar-refractivity contribution in [2.45, 2.75) is 69.2 Å². The van der Waals surface area contributed by atoms with E-state index < -0.39 is 11.9 Å². The van der Waals surface area contributed by atoms with Crippen LogP contribution in [-0.4, -0.2) is 22.2 Å². The van der Waals surface area contributed by atoms with Crippen LogP contribution in [0.15, 0.2) is 344 Å². The third kappa shape index (κ3) is 16.5. The fourth-order valence-corrected chi connectivity index (χ4v) is 16.8. The molecule has 119 heavy (non-hydrogen) atoms. The zero-order chi connectivity index (χ0) is 82.2. The predicted octanol–water partition coefficient (Wildman–Crippen LogP) is 30.6. The van der Waals surface area contributed by atoms with Gasteiger partial charge in [0, 0.05) is 111 Å². The molecule has 0 aliphatic rings. The van der Waals surface area contributed by atoms with Gasteiger partial charge in [-0.05, 0) is 259 Å². The normalized spacial score (nSPS) is 11.1. The number of carboxylic acid groups (broad SMARTS) is 2. The topological polar surface area (TPSA) is 114 Å². The molecule has 0 saturated heterocycles. The molecular formula is C108H90BrN5O4Pd. The summed E-state index contributed by atoms with van der Waals surface area (Å²) in [5, 5.41) is 37.4. The molecule has 0 heterocycles. The van der Waals surface area contributed by atoms with Crippen molar-refractivity contribution in [3.63, 3.8) is 0 Å². The number of halogens is 1. The number of anilines is 13. The Morgan fingerprint density at radius 3 is 0.580 bits per heavy atom. The van der Waals surface area contributed by atoms with Crippen molar-refractivity contribution in [2.75, 3.05) is 25.3 Å². The number of aliphatic carboxylic acids is 2. The first-order chi connectivity index (χ1) is 57.1. The van der Waals surface area contributed by atoms with Gasteiger partial charge in [0.05, 0.1) is 28.4 Å². The first-order valence-corrected chi connectivity index (χ1v) is 40.6. The number of hydrogen-bond donors (Lipinski definition) is 3. The summed E-state index contributed by atoms with van der Waals surface area (Å²) < 4.78 is 1.14. The van der Waals surface area contributed by atoms with Gasteiger partial charge in [-0.3, -0.25) is 9.59 Å². The maximum atomic E-state index is 9.00. The molecule has 0 bridgehead atoms. The molecular weight excluding hydrogens is 1620 g/mol. The number of nitrogen functional groups attached to an aromatic ring is 1. The van der Waals surface area contributed by atoms with Gasteiger partial charge in [0.15, 0.2) is 0 Å². The number of aryl methyl sites for hydroxylation is 8. The molecule has 4 N–H and O–H groups in total. The Labute approximate surface area is 716 Å². The molecule has 20 aromatic carbocycles. The van der Waals surface area contributed by atoms with Crippen LogP contribution in [0.4, 0.5) is 73.9 Å². The number of hydrogen-bond acceptors (Lipinski definition) is 7. The molecule has 0 atom stereocenters. The fraction of sp³-hybridized carbons (Fsp3) is 0.0926. The van der Waals surface area contributed by atoms with E-state index in [1.54, 1.807) is 0 Å². The van der Waals surface area contributed by atoms with Crippen molar-refractivity contribution >= 4 is 199 Å². The van der Waals surface area contributed by atoms with Crippen LogP contribution in [0, 0.1) is 55.4 Å². The summed E-state index contributed by atoms with van der Waals surface area (Å²) in [5.74, 6) is -1.67. The molecule has 0 aromatic heterocycles. The summed E-state index contributed by atoms with van der Waals surface area (Å²) in [6, 6.07) is 125. The second kappa shape index (κ2) is 34.4. The summed E-state index contributed by atoms with van der Waals surface area (Å²) in [6.07, 6.45) is 0. The Hall–Kier alpha value is -13.4. The molecule has 0 spiro atoms. The van der Waals surface area contributed by atoms with Gasteiger partial charge in [0.1, 0.15) is 0 Å². The summed E-state index contributed by atoms with van der Waals surface area (Å²) in [7, 11) is 0. The standard InChI is InChI=1S/C67H51N3.C30H22BrN.C7H9N.2C2H4O2.Pd/c1-42-6-24-51(25-7-42)68(52-26-8-43(2)9-27-52)60-38-20-47-18-36-58-62(40-22-49-16-34-56(60)64(47)66(49)58)70(55-32-14-46(5)15-33-55)63-41-23-50-17-35-57-61(39-21-48-19-37-59(63)67(50)65(48)57)69(53-28-10-44(3)11-29-53)54-30-12-45(4)13-31-54;1-19-3-11-23(12-4-19)32(24-13-5-20(2)6-14-24)28-18-10-22-7-15-25-27(31)17-9-21-8-16-26(28)30(22)29(21)25;1-6-2-4-7(8)5-3-6;2*1-2(3)4;/h6-41H,1-5H3;3-18H,1-2H3;2-5H,8H2,1H3;2*1H3,(H,3,4);. The van der Waals surface area contributed by atoms with E-state index in [0.29, 0.717) is 0 Å². The molecule has 0 unspecified atom stereocenters. The van der Waals surface area contributed by atoms with Crippen molar-refractivity contribution in [3.05, 3.63) is 389 Å². The predicted molar refractivity (Wildman–Crippen MR) is 506 cm³/mol. The number of nitrogens with zero attached hydrogens (tertiary/aromatic N) is 4. The third-order valence-corrected chi connectivity index (χ3v) is 22.8. The number of nitrogens with two attached hydrogens (primary N) is 1. The van der Waals surface area contributed by atoms with E-state index in [1.807, 2.05) is 31.2 Å². The minimum Gasteiger partial charge on any atom is -0.481 e. The fourth-order valence-electron chi connectivity index (χ4n) is 16.4. The molecule has 0 aliphatic heterocycles. The molecule has 0 amide bonds. The smallest absolute Gasteiger partial charge is 0.300 e. The minimum absolute atomic E-state index is 0. The van der Waals surface area contributed by atoms with Gasteiger partial charge in [0.25, 0.3) is 11.9 Å². The van der Waals surface area contributed by atoms with Gasteiger partial charge >= 0.3 is 0 Å². The molecule has 9 nitrogen and oxygen atoms in total. The molecule has 0 radical (unpaired) electrons. The molecule has 0 aliphatic carbocycles. The molecule has 0 saturated carbocycles. The number of carboxylic acids is 2. The van der Waals surface area contributed by atoms with Crippen molar-refractivity contribution < 1.29 is 40.2 Å². The average molecular weight is 1710 g/mol. The van der Waals surface area contributed by atoms with E-state index >= 15 is 0 Å². The number of benzene rings is 20. The van der Waals surface area contributed by atoms with Crippen LogP contribution in [0.1, 0.15) is 58.4 Å². The zero-order valence-corrected chi connectivity index (χ0v) is 71.2. The van der Waals surface area contributed by atoms with Gasteiger partial charge in [-0.15, -0.1) is 0 Å². The average Bonchev–Trinajstić information content (AvgIpc) is 0.721. The van der Waals surface area contributed by atoms with E-state index in [9.17, 15) is 0 Å². The van der Waals surface area contributed by atoms with Crippen LogP contribution < -0.4 is 25.3 Å². The summed E-state index contributed by atoms with van der Waals surface area (Å²) >= 11 is 3.77. The van der Waals surface area contributed by atoms with Crippen molar-refractivity contribution in [1.29, 1.82) is 0 Å². The second-order valence-corrected chi connectivity index (χ2v) is 31.7. The van der Waals surface area contributed by atoms with Crippen LogP contribution in [0.5, 0.6) is 0 Å². The molecule has 588 valence electrons. The van der Waals surface area contributed by atoms with Crippen LogP contribution >= 0.6 is 15.9 Å². The van der Waals surface area contributed by atoms with Crippen molar-refractivity contribution in [2.24, 2.45) is 0 Å². The SMILES string of the molecule is CC(=O)O.CC(=O)O.Cc1ccc(N(c2ccc(C)cc2)c2ccc3ccc4c(Br)ccc5ccc2c3c54)cc1.Cc1ccc(N(c2ccc(C)cc2)c2ccc3ccc4c(N(c5ccc(C)cc5)c5ccc6ccc7c(N(c8ccc(C)cc8)c8ccc(C)cc8)ccc8ccc5c6c87)ccc5ccc2c3c54)cc1.Cc1ccc(N)cc1.[Pd]. The first-order valence-electron chi connectivity index (χ1n) is 39.8. The van der Waals surface area contributed by atoms with Crippen LogP contribution in [0.25, 0.3) is 97.0 Å². The van der Waals surface area contributed by atoms with E-state index in [-0.39, 0.29) is 20.4 Å². The Bertz CT molecular complexity index is 6620. The van der Waals surface area contributed by atoms with Gasteiger partial charge in [-0.1, -0.05) is 267 Å². The van der Waals surface area contributed by atoms with E-state index in [0.717, 1.165) is 86.6 Å². The van der Waals surface area contributed by atoms with Crippen molar-refractivity contribution in [3.8, 4) is 0 Å². The Morgan fingerprint density at radius 2 is 0.378 bits per heavy atom. The maximum absolute atomic E-state index is 9.00. The van der Waals surface area contributed by atoms with Gasteiger partial charge in [0.2, 0.25) is 0 Å². The monoisotopic (exact) mass is 1710 g/mol. The number of rotatable bonds is 12. The first kappa shape index (κ1) is 80.8. The van der Waals surface area contributed by atoms with E-state index in [4.69, 9.17) is 25.5 Å². The van der Waals surface area contributed by atoms with E-state index in [2.05, 4.69) is 399 Å². The van der Waals surface area contributed by atoms with Crippen LogP contribution in [0.3, 0.4) is 0 Å². The molecule has 11 heteroatoms. The summed E-state index contributed by atoms with van der Waals surface area (Å²) in [6.45, 7) is 19.3. The summed E-state index contributed by atoms with van der Waals surface area (Å²) in [4.78, 5) is 27.7. The molecule has 20 aromatic rings. The van der Waals surface area contributed by atoms with Gasteiger partial charge < -0.3 is 35.5 Å². The largest absolute Gasteiger partial charge is 0.481 e. The van der Waals surface area contributed by atoms with Gasteiger partial charge in [-0.25, -0.2) is 0 Å². The quantitative estimate of drug-likeness (QED) is 0.0625. The van der Waals surface area contributed by atoms with E-state index in [1.165, 1.54) is 147 Å². The third-order valence-electron chi connectivity index (χ3n) is 22.2.